The molecule has 2 atom stereocenters. The number of rotatable bonds is 9. The molecule has 0 heterocycles. The fraction of sp³-hybridized carbons (Fsp3) is 0.300. The van der Waals surface area contributed by atoms with Gasteiger partial charge in [0.2, 0.25) is 0 Å². The summed E-state index contributed by atoms with van der Waals surface area (Å²) >= 11 is 0. The van der Waals surface area contributed by atoms with Crippen LogP contribution >= 0.6 is 0 Å². The highest BCUT2D eigenvalue weighted by Crippen LogP contribution is 2.29. The van der Waals surface area contributed by atoms with Crippen molar-refractivity contribution in [2.75, 3.05) is 12.4 Å². The highest BCUT2D eigenvalue weighted by Gasteiger charge is 2.27. The molecule has 0 unspecified atom stereocenters. The molecule has 2 aromatic rings. The van der Waals surface area contributed by atoms with Gasteiger partial charge in [-0.15, -0.1) is 0 Å². The Morgan fingerprint density at radius 1 is 1.14 bits per heavy atom. The number of anilines is 1. The van der Waals surface area contributed by atoms with Gasteiger partial charge >= 0.3 is 5.97 Å². The average Bonchev–Trinajstić information content (AvgIpc) is 2.72. The Morgan fingerprint density at radius 3 is 2.41 bits per heavy atom. The van der Waals surface area contributed by atoms with E-state index in [2.05, 4.69) is 5.32 Å². The van der Waals surface area contributed by atoms with Gasteiger partial charge in [0.05, 0.1) is 18.1 Å². The van der Waals surface area contributed by atoms with Crippen LogP contribution in [0, 0.1) is 10.1 Å². The third kappa shape index (κ3) is 5.93. The first-order valence-corrected chi connectivity index (χ1v) is 8.91. The zero-order valence-electron chi connectivity index (χ0n) is 16.3. The molecule has 0 aliphatic carbocycles. The molecule has 0 fully saturated rings. The van der Waals surface area contributed by atoms with Gasteiger partial charge in [-0.1, -0.05) is 25.1 Å². The highest BCUT2D eigenvalue weighted by atomic mass is 16.6. The lowest BCUT2D eigenvalue weighted by molar-refractivity contribution is -0.384. The minimum Gasteiger partial charge on any atom is -0.496 e. The van der Waals surface area contributed by atoms with Gasteiger partial charge in [-0.05, 0) is 37.6 Å². The number of esters is 1. The molecule has 1 N–H and O–H groups in total. The maximum atomic E-state index is 12.4. The Kier molecular flexibility index (Phi) is 7.53. The van der Waals surface area contributed by atoms with E-state index in [1.807, 2.05) is 6.07 Å². The van der Waals surface area contributed by atoms with E-state index in [0.717, 1.165) is 0 Å². The van der Waals surface area contributed by atoms with Crippen LogP contribution in [-0.4, -0.2) is 36.1 Å². The number of benzene rings is 2. The van der Waals surface area contributed by atoms with Crippen LogP contribution in [0.15, 0.2) is 48.5 Å². The fourth-order valence-electron chi connectivity index (χ4n) is 2.39. The van der Waals surface area contributed by atoms with Gasteiger partial charge in [0.1, 0.15) is 17.2 Å². The average molecular weight is 402 g/mol. The van der Waals surface area contributed by atoms with Crippen LogP contribution in [0.3, 0.4) is 0 Å². The third-order valence-electron chi connectivity index (χ3n) is 3.98. The molecular weight excluding hydrogens is 380 g/mol. The van der Waals surface area contributed by atoms with E-state index in [1.54, 1.807) is 31.2 Å². The van der Waals surface area contributed by atoms with Crippen LogP contribution in [0.2, 0.25) is 0 Å². The maximum Gasteiger partial charge on any atom is 0.348 e. The van der Waals surface area contributed by atoms with Crippen molar-refractivity contribution in [2.24, 2.45) is 0 Å². The molecule has 0 aromatic heterocycles. The van der Waals surface area contributed by atoms with Crippen LogP contribution in [0.4, 0.5) is 11.4 Å². The molecule has 0 spiro atoms. The van der Waals surface area contributed by atoms with E-state index in [9.17, 15) is 19.7 Å². The molecule has 0 saturated heterocycles. The second-order valence-electron chi connectivity index (χ2n) is 6.04. The number of hydrogen-bond donors (Lipinski definition) is 1. The van der Waals surface area contributed by atoms with Crippen molar-refractivity contribution < 1.29 is 28.7 Å². The number of hydrogen-bond acceptors (Lipinski definition) is 7. The number of nitrogens with one attached hydrogen (secondary N) is 1. The van der Waals surface area contributed by atoms with Gasteiger partial charge in [-0.3, -0.25) is 14.9 Å². The lowest BCUT2D eigenvalue weighted by atomic mass is 10.2. The topological polar surface area (TPSA) is 117 Å². The lowest BCUT2D eigenvalue weighted by Crippen LogP contribution is -2.36. The van der Waals surface area contributed by atoms with Crippen molar-refractivity contribution in [3.05, 3.63) is 58.6 Å². The number of carbonyl (C=O) groups excluding carboxylic acids is 2. The van der Waals surface area contributed by atoms with Gasteiger partial charge in [-0.2, -0.15) is 0 Å². The van der Waals surface area contributed by atoms with E-state index in [-0.39, 0.29) is 17.1 Å². The van der Waals surface area contributed by atoms with E-state index in [1.165, 1.54) is 32.2 Å². The quantitative estimate of drug-likeness (QED) is 0.388. The summed E-state index contributed by atoms with van der Waals surface area (Å²) in [5.74, 6) is -0.635. The second kappa shape index (κ2) is 10.1. The minimum atomic E-state index is -1.18. The van der Waals surface area contributed by atoms with Gasteiger partial charge in [0, 0.05) is 0 Å². The van der Waals surface area contributed by atoms with Crippen molar-refractivity contribution in [1.29, 1.82) is 0 Å². The molecule has 9 nitrogen and oxygen atoms in total. The number of nitro benzene ring substituents is 1. The number of methoxy groups -OCH3 is 1. The van der Waals surface area contributed by atoms with Crippen molar-refractivity contribution in [2.45, 2.75) is 32.5 Å². The Labute approximate surface area is 167 Å². The molecule has 154 valence electrons. The SMILES string of the molecule is CC[C@H](Oc1ccccc1)C(=O)O[C@@H](C)C(=O)Nc1ccc(OC)cc1[N+](=O)[O-]. The van der Waals surface area contributed by atoms with Crippen molar-refractivity contribution in [3.63, 3.8) is 0 Å². The van der Waals surface area contributed by atoms with Crippen molar-refractivity contribution >= 4 is 23.3 Å². The predicted octanol–water partition coefficient (Wildman–Crippen LogP) is 3.33. The number of nitro groups is 1. The standard InChI is InChI=1S/C20H22N2O7/c1-4-18(29-14-8-6-5-7-9-14)20(24)28-13(2)19(23)21-16-11-10-15(27-3)12-17(16)22(25)26/h5-13,18H,4H2,1-3H3,(H,21,23)/t13-,18-/m0/s1. The first-order chi connectivity index (χ1) is 13.8. The summed E-state index contributed by atoms with van der Waals surface area (Å²) in [6.45, 7) is 3.12. The largest absolute Gasteiger partial charge is 0.496 e. The van der Waals surface area contributed by atoms with Crippen LogP contribution in [0.1, 0.15) is 20.3 Å². The van der Waals surface area contributed by atoms with E-state index in [4.69, 9.17) is 14.2 Å². The van der Waals surface area contributed by atoms with Crippen molar-refractivity contribution in [1.82, 2.24) is 0 Å². The predicted molar refractivity (Wildman–Crippen MR) is 105 cm³/mol. The molecule has 0 radical (unpaired) electrons. The smallest absolute Gasteiger partial charge is 0.348 e. The molecule has 0 aliphatic rings. The fourth-order valence-corrected chi connectivity index (χ4v) is 2.39. The number of para-hydroxylation sites is 1. The van der Waals surface area contributed by atoms with Gasteiger partial charge in [0.15, 0.2) is 12.2 Å². The number of amides is 1. The van der Waals surface area contributed by atoms with Crippen LogP contribution < -0.4 is 14.8 Å². The zero-order chi connectivity index (χ0) is 21.4. The van der Waals surface area contributed by atoms with Gasteiger partial charge in [0.25, 0.3) is 11.6 Å². The molecule has 0 saturated carbocycles. The molecular formula is C20H22N2O7. The number of ether oxygens (including phenoxy) is 3. The maximum absolute atomic E-state index is 12.4. The molecule has 2 rings (SSSR count). The van der Waals surface area contributed by atoms with E-state index < -0.39 is 29.0 Å². The monoisotopic (exact) mass is 402 g/mol. The van der Waals surface area contributed by atoms with Crippen LogP contribution in [-0.2, 0) is 14.3 Å². The summed E-state index contributed by atoms with van der Waals surface area (Å²) < 4.78 is 15.7. The third-order valence-corrected chi connectivity index (χ3v) is 3.98. The highest BCUT2D eigenvalue weighted by molar-refractivity contribution is 5.97. The molecule has 1 amide bonds. The Bertz CT molecular complexity index is 870. The summed E-state index contributed by atoms with van der Waals surface area (Å²) in [5.41, 5.74) is -0.369. The summed E-state index contributed by atoms with van der Waals surface area (Å²) in [5, 5.41) is 13.6. The number of carbonyl (C=O) groups is 2. The van der Waals surface area contributed by atoms with Crippen LogP contribution in [0.5, 0.6) is 11.5 Å². The van der Waals surface area contributed by atoms with Crippen LogP contribution in [0.25, 0.3) is 0 Å². The zero-order valence-corrected chi connectivity index (χ0v) is 16.3. The molecule has 2 aromatic carbocycles. The molecule has 9 heteroatoms. The Morgan fingerprint density at radius 2 is 1.83 bits per heavy atom. The summed E-state index contributed by atoms with van der Waals surface area (Å²) in [7, 11) is 1.38. The normalized spacial score (nSPS) is 12.4. The first kappa shape index (κ1) is 21.7. The molecule has 0 aliphatic heterocycles. The molecule has 29 heavy (non-hydrogen) atoms. The minimum absolute atomic E-state index is 0.0312. The second-order valence-corrected chi connectivity index (χ2v) is 6.04. The summed E-state index contributed by atoms with van der Waals surface area (Å²) in [4.78, 5) is 35.3. The lowest BCUT2D eigenvalue weighted by Gasteiger charge is -2.19. The van der Waals surface area contributed by atoms with E-state index >= 15 is 0 Å². The summed E-state index contributed by atoms with van der Waals surface area (Å²) in [6.07, 6.45) is -1.73. The van der Waals surface area contributed by atoms with Crippen molar-refractivity contribution in [3.8, 4) is 11.5 Å². The number of nitrogens with zero attached hydrogens (tertiary/aromatic N) is 1. The van der Waals surface area contributed by atoms with E-state index in [0.29, 0.717) is 12.2 Å². The van der Waals surface area contributed by atoms with Gasteiger partial charge < -0.3 is 19.5 Å². The molecule has 0 bridgehead atoms. The first-order valence-electron chi connectivity index (χ1n) is 8.91. The summed E-state index contributed by atoms with van der Waals surface area (Å²) in [6, 6.07) is 12.8. The Hall–Kier alpha value is -3.62. The Balaban J connectivity index is 2.02. The van der Waals surface area contributed by atoms with Gasteiger partial charge in [-0.25, -0.2) is 4.79 Å².